The van der Waals surface area contributed by atoms with Gasteiger partial charge in [0.15, 0.2) is 5.78 Å². The number of nitro groups is 1. The van der Waals surface area contributed by atoms with Crippen LogP contribution in [0.15, 0.2) is 78.9 Å². The lowest BCUT2D eigenvalue weighted by molar-refractivity contribution is -0.384. The molecule has 1 heterocycles. The quantitative estimate of drug-likeness (QED) is 0.0595. The molecule has 2 aliphatic rings. The Bertz CT molecular complexity index is 1720. The summed E-state index contributed by atoms with van der Waals surface area (Å²) in [5.41, 5.74) is -0.139. The number of rotatable bonds is 8. The molecular formula is C31H23Cl2N3O8. The first-order valence-electron chi connectivity index (χ1n) is 13.4. The number of amides is 3. The summed E-state index contributed by atoms with van der Waals surface area (Å²) >= 11 is 11.9. The van der Waals surface area contributed by atoms with Crippen LogP contribution in [-0.2, 0) is 9.59 Å². The molecule has 1 fully saturated rings. The molecule has 0 unspecified atom stereocenters. The maximum Gasteiger partial charge on any atom is 0.345 e. The molecule has 3 aromatic rings. The van der Waals surface area contributed by atoms with Crippen molar-refractivity contribution < 1.29 is 33.6 Å². The van der Waals surface area contributed by atoms with E-state index in [4.69, 9.17) is 27.9 Å². The molecule has 5 rings (SSSR count). The summed E-state index contributed by atoms with van der Waals surface area (Å²) in [5.74, 6) is -5.00. The minimum atomic E-state index is -0.861. The molecule has 13 heteroatoms. The van der Waals surface area contributed by atoms with Crippen molar-refractivity contribution in [1.82, 2.24) is 10.0 Å². The fraction of sp³-hybridized carbons (Fsp3) is 0.194. The number of hydrogen-bond acceptors (Lipinski definition) is 8. The van der Waals surface area contributed by atoms with Gasteiger partial charge in [0.2, 0.25) is 0 Å². The van der Waals surface area contributed by atoms with Crippen molar-refractivity contribution in [3.05, 3.63) is 116 Å². The number of nitro benzene ring substituents is 1. The van der Waals surface area contributed by atoms with Crippen molar-refractivity contribution in [3.63, 3.8) is 0 Å². The van der Waals surface area contributed by atoms with Crippen LogP contribution in [0.1, 0.15) is 44.4 Å². The number of ketones is 1. The van der Waals surface area contributed by atoms with E-state index in [0.29, 0.717) is 11.4 Å². The molecule has 224 valence electrons. The number of carbonyl (C=O) groups excluding carboxylic acids is 5. The monoisotopic (exact) mass is 635 g/mol. The van der Waals surface area contributed by atoms with Gasteiger partial charge in [-0.05, 0) is 66.9 Å². The minimum absolute atomic E-state index is 0.0619. The standard InChI is InChI=1S/C31H23Cl2N3O8/c1-17-3-2-4-24-27(17)30(40)35(29(24)39)34(28(38)19-5-10-21(11-6-19)36(42)43)16-26(37)18-7-12-22(13-8-18)44-31(41)23-14-9-20(32)15-25(23)33/h2-3,5-15,17,24,27H,4,16H2,1H3/t17-,24+,27-/m1/s1. The smallest absolute Gasteiger partial charge is 0.345 e. The van der Waals surface area contributed by atoms with Crippen molar-refractivity contribution >= 4 is 58.4 Å². The van der Waals surface area contributed by atoms with Gasteiger partial charge in [0, 0.05) is 28.3 Å². The minimum Gasteiger partial charge on any atom is -0.423 e. The summed E-state index contributed by atoms with van der Waals surface area (Å²) in [5, 5.41) is 13.1. The Morgan fingerprint density at radius 3 is 2.25 bits per heavy atom. The van der Waals surface area contributed by atoms with Crippen LogP contribution in [0.3, 0.4) is 0 Å². The Balaban J connectivity index is 1.39. The molecule has 0 bridgehead atoms. The summed E-state index contributed by atoms with van der Waals surface area (Å²) in [6.07, 6.45) is 3.95. The van der Waals surface area contributed by atoms with Gasteiger partial charge in [-0.3, -0.25) is 29.3 Å². The van der Waals surface area contributed by atoms with E-state index in [0.717, 1.165) is 22.2 Å². The van der Waals surface area contributed by atoms with Gasteiger partial charge < -0.3 is 4.74 Å². The normalized spacial score (nSPS) is 19.0. The summed E-state index contributed by atoms with van der Waals surface area (Å²) in [6.45, 7) is 1.11. The van der Waals surface area contributed by atoms with Crippen molar-refractivity contribution in [2.75, 3.05) is 6.54 Å². The van der Waals surface area contributed by atoms with E-state index in [-0.39, 0.29) is 39.1 Å². The molecule has 3 amide bonds. The van der Waals surface area contributed by atoms with E-state index < -0.39 is 52.8 Å². The maximum atomic E-state index is 13.7. The average Bonchev–Trinajstić information content (AvgIpc) is 3.25. The Hall–Kier alpha value is -4.87. The number of ether oxygens (including phenoxy) is 1. The zero-order valence-electron chi connectivity index (χ0n) is 23.0. The number of imide groups is 1. The molecule has 11 nitrogen and oxygen atoms in total. The fourth-order valence-corrected chi connectivity index (χ4v) is 5.72. The number of esters is 1. The highest BCUT2D eigenvalue weighted by molar-refractivity contribution is 6.36. The lowest BCUT2D eigenvalue weighted by Gasteiger charge is -2.30. The van der Waals surface area contributed by atoms with Gasteiger partial charge in [-0.2, -0.15) is 5.01 Å². The van der Waals surface area contributed by atoms with E-state index in [1.54, 1.807) is 6.92 Å². The Morgan fingerprint density at radius 2 is 1.64 bits per heavy atom. The number of non-ortho nitro benzene ring substituents is 1. The molecule has 0 aromatic heterocycles. The number of Topliss-reactive ketones (excluding diaryl/α,β-unsaturated/α-hetero) is 1. The summed E-state index contributed by atoms with van der Waals surface area (Å²) in [7, 11) is 0. The molecule has 3 aromatic carbocycles. The highest BCUT2D eigenvalue weighted by atomic mass is 35.5. The lowest BCUT2D eigenvalue weighted by atomic mass is 9.78. The SMILES string of the molecule is C[C@@H]1C=CC[C@@H]2C(=O)N(N(CC(=O)c3ccc(OC(=O)c4ccc(Cl)cc4Cl)cc3)C(=O)c3ccc([N+](=O)[O-])cc3)C(=O)[C@H]12. The van der Waals surface area contributed by atoms with Crippen LogP contribution in [0.4, 0.5) is 5.69 Å². The molecule has 1 saturated heterocycles. The van der Waals surface area contributed by atoms with E-state index in [9.17, 15) is 34.1 Å². The van der Waals surface area contributed by atoms with Crippen LogP contribution in [0.5, 0.6) is 5.75 Å². The van der Waals surface area contributed by atoms with Crippen molar-refractivity contribution in [2.24, 2.45) is 17.8 Å². The molecular weight excluding hydrogens is 613 g/mol. The van der Waals surface area contributed by atoms with Crippen LogP contribution in [0.2, 0.25) is 10.0 Å². The van der Waals surface area contributed by atoms with Gasteiger partial charge in [-0.25, -0.2) is 9.80 Å². The summed E-state index contributed by atoms with van der Waals surface area (Å²) in [4.78, 5) is 77.1. The second-order valence-corrected chi connectivity index (χ2v) is 11.1. The third kappa shape index (κ3) is 5.97. The number of fused-ring (bicyclic) bond motifs is 1. The topological polar surface area (TPSA) is 144 Å². The first-order chi connectivity index (χ1) is 21.0. The van der Waals surface area contributed by atoms with Crippen LogP contribution < -0.4 is 4.74 Å². The molecule has 0 saturated carbocycles. The van der Waals surface area contributed by atoms with Gasteiger partial charge >= 0.3 is 5.97 Å². The third-order valence-corrected chi connectivity index (χ3v) is 8.03. The third-order valence-electron chi connectivity index (χ3n) is 7.48. The summed E-state index contributed by atoms with van der Waals surface area (Å²) in [6, 6.07) is 14.4. The van der Waals surface area contributed by atoms with E-state index >= 15 is 0 Å². The molecule has 0 spiro atoms. The predicted molar refractivity (Wildman–Crippen MR) is 158 cm³/mol. The Labute approximate surface area is 260 Å². The molecule has 44 heavy (non-hydrogen) atoms. The predicted octanol–water partition coefficient (Wildman–Crippen LogP) is 5.56. The van der Waals surface area contributed by atoms with E-state index in [1.807, 2.05) is 12.2 Å². The second-order valence-electron chi connectivity index (χ2n) is 10.3. The number of nitrogens with zero attached hydrogens (tertiary/aromatic N) is 3. The molecule has 1 aliphatic carbocycles. The summed E-state index contributed by atoms with van der Waals surface area (Å²) < 4.78 is 5.34. The Kier molecular flexibility index (Phi) is 8.61. The van der Waals surface area contributed by atoms with Crippen molar-refractivity contribution in [3.8, 4) is 5.75 Å². The zero-order chi connectivity index (χ0) is 31.7. The van der Waals surface area contributed by atoms with Gasteiger partial charge in [-0.15, -0.1) is 0 Å². The first kappa shape index (κ1) is 30.6. The van der Waals surface area contributed by atoms with Crippen LogP contribution in [0.25, 0.3) is 0 Å². The number of halogens is 2. The number of hydrogen-bond donors (Lipinski definition) is 0. The highest BCUT2D eigenvalue weighted by Gasteiger charge is 2.53. The zero-order valence-corrected chi connectivity index (χ0v) is 24.5. The molecule has 1 aliphatic heterocycles. The molecule has 0 N–H and O–H groups in total. The Morgan fingerprint density at radius 1 is 0.977 bits per heavy atom. The number of carbonyl (C=O) groups is 5. The van der Waals surface area contributed by atoms with Crippen molar-refractivity contribution in [1.29, 1.82) is 0 Å². The lowest BCUT2D eigenvalue weighted by Crippen LogP contribution is -2.52. The van der Waals surface area contributed by atoms with Gasteiger partial charge in [0.1, 0.15) is 12.3 Å². The number of benzene rings is 3. The van der Waals surface area contributed by atoms with Gasteiger partial charge in [0.05, 0.1) is 27.3 Å². The van der Waals surface area contributed by atoms with Crippen LogP contribution in [0, 0.1) is 27.9 Å². The largest absolute Gasteiger partial charge is 0.423 e. The second kappa shape index (κ2) is 12.4. The van der Waals surface area contributed by atoms with E-state index in [1.165, 1.54) is 54.6 Å². The number of allylic oxidation sites excluding steroid dienone is 2. The molecule has 0 radical (unpaired) electrons. The highest BCUT2D eigenvalue weighted by Crippen LogP contribution is 2.39. The van der Waals surface area contributed by atoms with Gasteiger partial charge in [0.25, 0.3) is 23.4 Å². The fourth-order valence-electron chi connectivity index (χ4n) is 5.23. The molecule has 3 atom stereocenters. The average molecular weight is 636 g/mol. The van der Waals surface area contributed by atoms with E-state index in [2.05, 4.69) is 0 Å². The first-order valence-corrected chi connectivity index (χ1v) is 14.1. The van der Waals surface area contributed by atoms with Gasteiger partial charge in [-0.1, -0.05) is 42.3 Å². The van der Waals surface area contributed by atoms with Crippen molar-refractivity contribution in [2.45, 2.75) is 13.3 Å². The van der Waals surface area contributed by atoms with Crippen LogP contribution >= 0.6 is 23.2 Å². The maximum absolute atomic E-state index is 13.7. The number of hydrazine groups is 1. The van der Waals surface area contributed by atoms with Crippen LogP contribution in [-0.4, -0.2) is 51.0 Å².